The van der Waals surface area contributed by atoms with Crippen LogP contribution < -0.4 is 0 Å². The zero-order chi connectivity index (χ0) is 18.6. The number of nitrogens with zero attached hydrogens (tertiary/aromatic N) is 2. The van der Waals surface area contributed by atoms with E-state index in [4.69, 9.17) is 9.73 Å². The number of amides is 1. The lowest BCUT2D eigenvalue weighted by Crippen LogP contribution is -2.50. The van der Waals surface area contributed by atoms with Gasteiger partial charge >= 0.3 is 0 Å². The summed E-state index contributed by atoms with van der Waals surface area (Å²) in [6.07, 6.45) is 1.21. The topological polar surface area (TPSA) is 41.9 Å². The second-order valence-electron chi connectivity index (χ2n) is 8.03. The molecule has 1 amide bonds. The lowest BCUT2D eigenvalue weighted by molar-refractivity contribution is -0.145. The Morgan fingerprint density at radius 1 is 1.00 bits per heavy atom. The molecule has 138 valence electrons. The Morgan fingerprint density at radius 2 is 1.63 bits per heavy atom. The van der Waals surface area contributed by atoms with Crippen molar-refractivity contribution < 1.29 is 9.53 Å². The van der Waals surface area contributed by atoms with Crippen molar-refractivity contribution in [3.63, 3.8) is 0 Å². The van der Waals surface area contributed by atoms with Gasteiger partial charge in [0.25, 0.3) is 0 Å². The molecule has 0 N–H and O–H groups in total. The van der Waals surface area contributed by atoms with Gasteiger partial charge in [0.2, 0.25) is 5.91 Å². The van der Waals surface area contributed by atoms with E-state index in [1.165, 1.54) is 5.56 Å². The Kier molecular flexibility index (Phi) is 3.73. The molecule has 2 bridgehead atoms. The smallest absolute Gasteiger partial charge is 0.228 e. The maximum absolute atomic E-state index is 13.1. The summed E-state index contributed by atoms with van der Waals surface area (Å²) in [5, 5.41) is 0. The van der Waals surface area contributed by atoms with Gasteiger partial charge in [-0.3, -0.25) is 9.79 Å². The molecule has 4 nitrogen and oxygen atoms in total. The molecule has 0 aromatic heterocycles. The molecular formula is C23H24N2O2. The fraction of sp³-hybridized carbons (Fsp3) is 0.391. The first-order chi connectivity index (χ1) is 13.1. The second kappa shape index (κ2) is 6.03. The van der Waals surface area contributed by atoms with Gasteiger partial charge in [-0.25, -0.2) is 0 Å². The molecule has 2 fully saturated rings. The van der Waals surface area contributed by atoms with E-state index in [0.717, 1.165) is 17.7 Å². The molecule has 5 atom stereocenters. The molecule has 1 spiro atoms. The van der Waals surface area contributed by atoms with E-state index >= 15 is 0 Å². The molecule has 1 unspecified atom stereocenters. The largest absolute Gasteiger partial charge is 0.321 e. The minimum Gasteiger partial charge on any atom is -0.321 e. The van der Waals surface area contributed by atoms with Crippen LogP contribution in [0.25, 0.3) is 0 Å². The van der Waals surface area contributed by atoms with E-state index in [-0.39, 0.29) is 29.9 Å². The van der Waals surface area contributed by atoms with Gasteiger partial charge in [0.05, 0.1) is 5.71 Å². The van der Waals surface area contributed by atoms with Crippen LogP contribution in [-0.4, -0.2) is 29.3 Å². The van der Waals surface area contributed by atoms with Crippen molar-refractivity contribution in [2.75, 3.05) is 7.05 Å². The molecule has 1 saturated heterocycles. The Morgan fingerprint density at radius 3 is 2.30 bits per heavy atom. The summed E-state index contributed by atoms with van der Waals surface area (Å²) >= 11 is 0. The highest BCUT2D eigenvalue weighted by Gasteiger charge is 2.61. The van der Waals surface area contributed by atoms with Crippen molar-refractivity contribution >= 4 is 11.6 Å². The summed E-state index contributed by atoms with van der Waals surface area (Å²) in [5.41, 5.74) is 2.67. The average Bonchev–Trinajstić information content (AvgIpc) is 3.16. The maximum Gasteiger partial charge on any atom is 0.228 e. The SMILES string of the molecule is C[C@H]1C2C[C@@]3(O[C@H](c4ccccc4)N=C3C[C@@H]1c1ccccc1)N(C)C2=O. The zero-order valence-corrected chi connectivity index (χ0v) is 15.7. The minimum atomic E-state index is -0.681. The van der Waals surface area contributed by atoms with Gasteiger partial charge in [0.15, 0.2) is 12.0 Å². The predicted octanol–water partition coefficient (Wildman–Crippen LogP) is 4.15. The van der Waals surface area contributed by atoms with Crippen molar-refractivity contribution in [3.8, 4) is 0 Å². The summed E-state index contributed by atoms with van der Waals surface area (Å²) in [6.45, 7) is 2.21. The Labute approximate surface area is 159 Å². The van der Waals surface area contributed by atoms with Crippen molar-refractivity contribution in [2.45, 2.75) is 37.6 Å². The highest BCUT2D eigenvalue weighted by molar-refractivity contribution is 6.01. The van der Waals surface area contributed by atoms with Gasteiger partial charge < -0.3 is 9.64 Å². The molecule has 2 aliphatic heterocycles. The van der Waals surface area contributed by atoms with Crippen LogP contribution in [0, 0.1) is 11.8 Å². The number of benzene rings is 2. The first-order valence-corrected chi connectivity index (χ1v) is 9.73. The maximum atomic E-state index is 13.1. The number of hydrogen-bond donors (Lipinski definition) is 0. The number of carbonyl (C=O) groups is 1. The van der Waals surface area contributed by atoms with E-state index < -0.39 is 5.72 Å². The first kappa shape index (κ1) is 16.7. The molecule has 4 heteroatoms. The molecule has 2 heterocycles. The standard InChI is InChI=1S/C23H24N2O2/c1-15-18(16-9-5-3-6-10-16)13-20-23(14-19(15)22(26)25(23)2)27-21(24-20)17-11-7-4-8-12-17/h3-12,15,18-19,21H,13-14H2,1-2H3/t15-,18+,19?,21-,23+/m1/s1. The molecule has 3 aliphatic rings. The van der Waals surface area contributed by atoms with E-state index in [1.54, 1.807) is 0 Å². The highest BCUT2D eigenvalue weighted by Crippen LogP contribution is 2.53. The van der Waals surface area contributed by atoms with Crippen molar-refractivity contribution in [1.82, 2.24) is 4.90 Å². The predicted molar refractivity (Wildman–Crippen MR) is 104 cm³/mol. The lowest BCUT2D eigenvalue weighted by Gasteiger charge is -2.35. The molecule has 27 heavy (non-hydrogen) atoms. The average molecular weight is 360 g/mol. The van der Waals surface area contributed by atoms with Gasteiger partial charge in [-0.05, 0) is 23.8 Å². The summed E-state index contributed by atoms with van der Waals surface area (Å²) in [5.74, 6) is 0.702. The second-order valence-corrected chi connectivity index (χ2v) is 8.03. The summed E-state index contributed by atoms with van der Waals surface area (Å²) < 4.78 is 6.53. The molecule has 5 rings (SSSR count). The number of rotatable bonds is 2. The molecular weight excluding hydrogens is 336 g/mol. The number of fused-ring (bicyclic) bond motifs is 1. The number of aliphatic imine (C=N–C) groups is 1. The quantitative estimate of drug-likeness (QED) is 0.807. The third kappa shape index (κ3) is 2.39. The van der Waals surface area contributed by atoms with Crippen LogP contribution in [0.15, 0.2) is 65.7 Å². The Hall–Kier alpha value is -2.46. The van der Waals surface area contributed by atoms with Crippen LogP contribution in [0.2, 0.25) is 0 Å². The zero-order valence-electron chi connectivity index (χ0n) is 15.7. The Bertz CT molecular complexity index is 895. The fourth-order valence-electron chi connectivity index (χ4n) is 5.09. The summed E-state index contributed by atoms with van der Waals surface area (Å²) in [4.78, 5) is 19.9. The normalized spacial score (nSPS) is 35.0. The van der Waals surface area contributed by atoms with Gasteiger partial charge in [-0.1, -0.05) is 67.6 Å². The van der Waals surface area contributed by atoms with Crippen LogP contribution in [-0.2, 0) is 9.53 Å². The summed E-state index contributed by atoms with van der Waals surface area (Å²) in [6, 6.07) is 20.6. The minimum absolute atomic E-state index is 0.0255. The summed E-state index contributed by atoms with van der Waals surface area (Å²) in [7, 11) is 1.88. The van der Waals surface area contributed by atoms with Gasteiger partial charge in [0.1, 0.15) is 0 Å². The molecule has 2 aromatic rings. The van der Waals surface area contributed by atoms with E-state index in [1.807, 2.05) is 48.3 Å². The first-order valence-electron chi connectivity index (χ1n) is 9.73. The monoisotopic (exact) mass is 360 g/mol. The van der Waals surface area contributed by atoms with Crippen molar-refractivity contribution in [3.05, 3.63) is 71.8 Å². The Balaban J connectivity index is 1.59. The number of carbonyl (C=O) groups excluding carboxylic acids is 1. The van der Waals surface area contributed by atoms with E-state index in [0.29, 0.717) is 6.42 Å². The molecule has 2 aromatic carbocycles. The molecule has 1 saturated carbocycles. The third-order valence-electron chi connectivity index (χ3n) is 6.71. The van der Waals surface area contributed by atoms with Gasteiger partial charge in [-0.2, -0.15) is 0 Å². The van der Waals surface area contributed by atoms with Crippen LogP contribution in [0.1, 0.15) is 43.0 Å². The van der Waals surface area contributed by atoms with Gasteiger partial charge in [-0.15, -0.1) is 0 Å². The van der Waals surface area contributed by atoms with E-state index in [9.17, 15) is 4.79 Å². The van der Waals surface area contributed by atoms with Crippen LogP contribution >= 0.6 is 0 Å². The van der Waals surface area contributed by atoms with Crippen molar-refractivity contribution in [1.29, 1.82) is 0 Å². The lowest BCUT2D eigenvalue weighted by atomic mass is 9.78. The van der Waals surface area contributed by atoms with Crippen LogP contribution in [0.5, 0.6) is 0 Å². The molecule has 0 radical (unpaired) electrons. The van der Waals surface area contributed by atoms with Crippen molar-refractivity contribution in [2.24, 2.45) is 16.8 Å². The number of likely N-dealkylation sites (tertiary alicyclic amines) is 1. The van der Waals surface area contributed by atoms with Crippen LogP contribution in [0.4, 0.5) is 0 Å². The number of ether oxygens (including phenoxy) is 1. The highest BCUT2D eigenvalue weighted by atomic mass is 16.6. The molecule has 1 aliphatic carbocycles. The van der Waals surface area contributed by atoms with E-state index in [2.05, 4.69) is 31.2 Å². The van der Waals surface area contributed by atoms with Crippen LogP contribution in [0.3, 0.4) is 0 Å². The third-order valence-corrected chi connectivity index (χ3v) is 6.71. The number of hydrogen-bond acceptors (Lipinski definition) is 3. The fourth-order valence-corrected chi connectivity index (χ4v) is 5.09. The van der Waals surface area contributed by atoms with Gasteiger partial charge in [0, 0.05) is 24.9 Å².